The van der Waals surface area contributed by atoms with Crippen LogP contribution in [0.25, 0.3) is 0 Å². The minimum Gasteiger partial charge on any atom is -0.354 e. The van der Waals surface area contributed by atoms with Crippen LogP contribution in [0.2, 0.25) is 0 Å². The largest absolute Gasteiger partial charge is 0.354 e. The number of hydrogen-bond acceptors (Lipinski definition) is 3. The number of carbonyl (C=O) groups excluding carboxylic acids is 2. The normalized spacial score (nSPS) is 12.1. The maximum absolute atomic E-state index is 13.0. The van der Waals surface area contributed by atoms with Gasteiger partial charge in [-0.15, -0.1) is 0 Å². The summed E-state index contributed by atoms with van der Waals surface area (Å²) in [6.07, 6.45) is 0.292. The van der Waals surface area contributed by atoms with E-state index >= 15 is 0 Å². The molecule has 0 aliphatic carbocycles. The van der Waals surface area contributed by atoms with Crippen LogP contribution in [0.5, 0.6) is 0 Å². The van der Waals surface area contributed by atoms with E-state index in [9.17, 15) is 18.4 Å². The van der Waals surface area contributed by atoms with E-state index in [0.29, 0.717) is 12.0 Å². The van der Waals surface area contributed by atoms with Gasteiger partial charge < -0.3 is 16.4 Å². The average Bonchev–Trinajstić information content (AvgIpc) is 2.42. The second-order valence-electron chi connectivity index (χ2n) is 5.37. The molecule has 2 amide bonds. The first kappa shape index (κ1) is 18.0. The SMILES string of the molecule is CC(C)[C@H](N)C(=O)NCC(=O)NCCc1cc(F)cc(F)c1. The number of benzene rings is 1. The lowest BCUT2D eigenvalue weighted by molar-refractivity contribution is -0.127. The minimum atomic E-state index is -0.664. The van der Waals surface area contributed by atoms with Crippen molar-refractivity contribution in [2.45, 2.75) is 26.3 Å². The summed E-state index contributed by atoms with van der Waals surface area (Å²) >= 11 is 0. The zero-order chi connectivity index (χ0) is 16.7. The molecule has 22 heavy (non-hydrogen) atoms. The molecule has 0 bridgehead atoms. The summed E-state index contributed by atoms with van der Waals surface area (Å²) in [7, 11) is 0. The lowest BCUT2D eigenvalue weighted by Crippen LogP contribution is -2.47. The van der Waals surface area contributed by atoms with Crippen LogP contribution < -0.4 is 16.4 Å². The molecule has 1 rings (SSSR count). The quantitative estimate of drug-likeness (QED) is 0.693. The van der Waals surface area contributed by atoms with Crippen LogP contribution in [0.4, 0.5) is 8.78 Å². The summed E-state index contributed by atoms with van der Waals surface area (Å²) in [6, 6.07) is 2.54. The van der Waals surface area contributed by atoms with Gasteiger partial charge in [0.1, 0.15) is 11.6 Å². The molecule has 1 aromatic carbocycles. The summed E-state index contributed by atoms with van der Waals surface area (Å²) in [5.74, 6) is -2.11. The Balaban J connectivity index is 2.30. The van der Waals surface area contributed by atoms with Crippen LogP contribution in [0, 0.1) is 17.6 Å². The highest BCUT2D eigenvalue weighted by Crippen LogP contribution is 2.08. The Bertz CT molecular complexity index is 515. The molecule has 1 aromatic rings. The maximum Gasteiger partial charge on any atom is 0.239 e. The third-order valence-corrected chi connectivity index (χ3v) is 3.10. The van der Waals surface area contributed by atoms with Crippen molar-refractivity contribution in [3.05, 3.63) is 35.4 Å². The van der Waals surface area contributed by atoms with E-state index in [1.165, 1.54) is 12.1 Å². The number of amides is 2. The van der Waals surface area contributed by atoms with Gasteiger partial charge in [0.05, 0.1) is 12.6 Å². The van der Waals surface area contributed by atoms with Gasteiger partial charge in [-0.3, -0.25) is 9.59 Å². The fourth-order valence-electron chi connectivity index (χ4n) is 1.75. The molecule has 0 fully saturated rings. The molecule has 0 saturated heterocycles. The Morgan fingerprint density at radius 1 is 1.14 bits per heavy atom. The second-order valence-corrected chi connectivity index (χ2v) is 5.37. The van der Waals surface area contributed by atoms with E-state index in [-0.39, 0.29) is 24.9 Å². The van der Waals surface area contributed by atoms with Gasteiger partial charge in [-0.2, -0.15) is 0 Å². The van der Waals surface area contributed by atoms with E-state index in [1.54, 1.807) is 0 Å². The molecule has 0 radical (unpaired) electrons. The van der Waals surface area contributed by atoms with Gasteiger partial charge in [0.25, 0.3) is 0 Å². The van der Waals surface area contributed by atoms with Gasteiger partial charge >= 0.3 is 0 Å². The van der Waals surface area contributed by atoms with Crippen molar-refractivity contribution in [2.75, 3.05) is 13.1 Å². The Labute approximate surface area is 128 Å². The molecule has 0 unspecified atom stereocenters. The van der Waals surface area contributed by atoms with Crippen LogP contribution in [-0.2, 0) is 16.0 Å². The van der Waals surface area contributed by atoms with Crippen molar-refractivity contribution in [2.24, 2.45) is 11.7 Å². The topological polar surface area (TPSA) is 84.2 Å². The number of nitrogens with two attached hydrogens (primary N) is 1. The minimum absolute atomic E-state index is 0.0223. The highest BCUT2D eigenvalue weighted by Gasteiger charge is 2.17. The highest BCUT2D eigenvalue weighted by molar-refractivity contribution is 5.87. The monoisotopic (exact) mass is 313 g/mol. The standard InChI is InChI=1S/C15H21F2N3O2/c1-9(2)14(18)15(22)20-8-13(21)19-4-3-10-5-11(16)7-12(17)6-10/h5-7,9,14H,3-4,8,18H2,1-2H3,(H,19,21)(H,20,22)/t14-/m0/s1. The number of carbonyl (C=O) groups is 2. The van der Waals surface area contributed by atoms with Crippen LogP contribution in [0.3, 0.4) is 0 Å². The first-order chi connectivity index (χ1) is 10.3. The Morgan fingerprint density at radius 3 is 2.27 bits per heavy atom. The molecule has 0 aliphatic rings. The van der Waals surface area contributed by atoms with Crippen LogP contribution >= 0.6 is 0 Å². The Hall–Kier alpha value is -2.02. The average molecular weight is 313 g/mol. The van der Waals surface area contributed by atoms with E-state index in [1.807, 2.05) is 13.8 Å². The summed E-state index contributed by atoms with van der Waals surface area (Å²) in [6.45, 7) is 3.65. The van der Waals surface area contributed by atoms with Gasteiger partial charge in [-0.05, 0) is 30.0 Å². The van der Waals surface area contributed by atoms with E-state index < -0.39 is 23.6 Å². The van der Waals surface area contributed by atoms with Crippen LogP contribution in [0.1, 0.15) is 19.4 Å². The lowest BCUT2D eigenvalue weighted by Gasteiger charge is -2.15. The van der Waals surface area contributed by atoms with Crippen molar-refractivity contribution in [1.29, 1.82) is 0 Å². The predicted octanol–water partition coefficient (Wildman–Crippen LogP) is 0.723. The molecular weight excluding hydrogens is 292 g/mol. The van der Waals surface area contributed by atoms with E-state index in [4.69, 9.17) is 5.73 Å². The predicted molar refractivity (Wildman–Crippen MR) is 78.9 cm³/mol. The lowest BCUT2D eigenvalue weighted by atomic mass is 10.1. The molecule has 4 N–H and O–H groups in total. The molecule has 7 heteroatoms. The summed E-state index contributed by atoms with van der Waals surface area (Å²) in [5, 5.41) is 4.99. The van der Waals surface area contributed by atoms with Gasteiger partial charge in [0.15, 0.2) is 0 Å². The summed E-state index contributed by atoms with van der Waals surface area (Å²) in [4.78, 5) is 23.1. The second kappa shape index (κ2) is 8.43. The van der Waals surface area contributed by atoms with Crippen molar-refractivity contribution in [3.63, 3.8) is 0 Å². The smallest absolute Gasteiger partial charge is 0.239 e. The zero-order valence-corrected chi connectivity index (χ0v) is 12.7. The van der Waals surface area contributed by atoms with Crippen LogP contribution in [-0.4, -0.2) is 30.9 Å². The van der Waals surface area contributed by atoms with Gasteiger partial charge in [0, 0.05) is 12.6 Å². The van der Waals surface area contributed by atoms with Crippen LogP contribution in [0.15, 0.2) is 18.2 Å². The van der Waals surface area contributed by atoms with Crippen molar-refractivity contribution in [1.82, 2.24) is 10.6 Å². The first-order valence-corrected chi connectivity index (χ1v) is 7.04. The number of rotatable bonds is 7. The molecule has 0 spiro atoms. The Morgan fingerprint density at radius 2 is 1.73 bits per heavy atom. The molecule has 5 nitrogen and oxygen atoms in total. The zero-order valence-electron chi connectivity index (χ0n) is 12.7. The van der Waals surface area contributed by atoms with Gasteiger partial charge in [-0.1, -0.05) is 13.8 Å². The van der Waals surface area contributed by atoms with Gasteiger partial charge in [0.2, 0.25) is 11.8 Å². The number of nitrogens with one attached hydrogen (secondary N) is 2. The van der Waals surface area contributed by atoms with E-state index in [2.05, 4.69) is 10.6 Å². The third kappa shape index (κ3) is 6.17. The van der Waals surface area contributed by atoms with E-state index in [0.717, 1.165) is 6.07 Å². The number of hydrogen-bond donors (Lipinski definition) is 3. The fourth-order valence-corrected chi connectivity index (χ4v) is 1.75. The first-order valence-electron chi connectivity index (χ1n) is 7.04. The Kier molecular flexibility index (Phi) is 6.91. The van der Waals surface area contributed by atoms with Crippen molar-refractivity contribution < 1.29 is 18.4 Å². The molecule has 0 aliphatic heterocycles. The number of halogens is 2. The summed E-state index contributed by atoms with van der Waals surface area (Å²) in [5.41, 5.74) is 6.08. The molecule has 122 valence electrons. The third-order valence-electron chi connectivity index (χ3n) is 3.10. The van der Waals surface area contributed by atoms with Gasteiger partial charge in [-0.25, -0.2) is 8.78 Å². The highest BCUT2D eigenvalue weighted by atomic mass is 19.1. The summed E-state index contributed by atoms with van der Waals surface area (Å²) < 4.78 is 26.0. The molecule has 0 aromatic heterocycles. The van der Waals surface area contributed by atoms with Crippen molar-refractivity contribution >= 4 is 11.8 Å². The van der Waals surface area contributed by atoms with Crippen molar-refractivity contribution in [3.8, 4) is 0 Å². The maximum atomic E-state index is 13.0. The fraction of sp³-hybridized carbons (Fsp3) is 0.467. The molecule has 0 saturated carbocycles. The molecule has 1 atom stereocenters. The molecular formula is C15H21F2N3O2. The molecule has 0 heterocycles.